The van der Waals surface area contributed by atoms with Gasteiger partial charge in [-0.25, -0.2) is 10.0 Å². The van der Waals surface area contributed by atoms with Gasteiger partial charge in [0.05, 0.1) is 0 Å². The summed E-state index contributed by atoms with van der Waals surface area (Å²) >= 11 is 1.19. The Morgan fingerprint density at radius 3 is 1.72 bits per heavy atom. The van der Waals surface area contributed by atoms with Crippen LogP contribution < -0.4 is 0 Å². The van der Waals surface area contributed by atoms with Crippen molar-refractivity contribution in [3.8, 4) is 0 Å². The molecule has 3 rings (SSSR count). The van der Waals surface area contributed by atoms with Crippen molar-refractivity contribution in [2.75, 3.05) is 19.8 Å². The number of rotatable bonds is 3. The van der Waals surface area contributed by atoms with E-state index in [1.807, 2.05) is 62.4 Å². The number of aryl methyl sites for hydroxylation is 2. The second-order valence-corrected chi connectivity index (χ2v) is 7.58. The van der Waals surface area contributed by atoms with Crippen molar-refractivity contribution in [2.45, 2.75) is 19.3 Å². The summed E-state index contributed by atoms with van der Waals surface area (Å²) in [7, 11) is 3.44. The number of thioether (sulfide) groups is 1. The lowest BCUT2D eigenvalue weighted by atomic mass is 9.74. The minimum Gasteiger partial charge on any atom is -0.271 e. The topological polar surface area (TPSA) is 40.6 Å². The summed E-state index contributed by atoms with van der Waals surface area (Å²) in [5.41, 5.74) is 3.24. The number of carbonyl (C=O) groups is 2. The Bertz CT molecular complexity index is 752. The molecule has 2 aromatic carbocycles. The van der Waals surface area contributed by atoms with E-state index in [-0.39, 0.29) is 11.1 Å². The lowest BCUT2D eigenvalue weighted by Crippen LogP contribution is -2.58. The Balaban J connectivity index is 2.22. The predicted molar refractivity (Wildman–Crippen MR) is 102 cm³/mol. The molecule has 1 aliphatic rings. The molecule has 2 amide bonds. The van der Waals surface area contributed by atoms with Crippen LogP contribution in [-0.2, 0) is 10.2 Å². The molecule has 25 heavy (non-hydrogen) atoms. The number of hydrogen-bond acceptors (Lipinski definition) is 4. The van der Waals surface area contributed by atoms with Crippen molar-refractivity contribution >= 4 is 22.9 Å². The average molecular weight is 354 g/mol. The van der Waals surface area contributed by atoms with Gasteiger partial charge >= 0.3 is 5.24 Å². The Kier molecular flexibility index (Phi) is 4.71. The minimum atomic E-state index is -0.871. The molecule has 4 nitrogen and oxygen atoms in total. The van der Waals surface area contributed by atoms with E-state index in [1.165, 1.54) is 16.8 Å². The zero-order valence-corrected chi connectivity index (χ0v) is 15.8. The van der Waals surface area contributed by atoms with E-state index in [0.29, 0.717) is 5.75 Å². The fourth-order valence-electron chi connectivity index (χ4n) is 3.16. The second kappa shape index (κ2) is 6.65. The molecule has 130 valence electrons. The van der Waals surface area contributed by atoms with Crippen molar-refractivity contribution in [1.82, 2.24) is 10.0 Å². The predicted octanol–water partition coefficient (Wildman–Crippen LogP) is 3.76. The van der Waals surface area contributed by atoms with Crippen molar-refractivity contribution in [3.05, 3.63) is 70.8 Å². The Labute approximate surface area is 152 Å². The van der Waals surface area contributed by atoms with Gasteiger partial charge < -0.3 is 0 Å². The summed E-state index contributed by atoms with van der Waals surface area (Å²) in [6.45, 7) is 4.05. The van der Waals surface area contributed by atoms with Crippen molar-refractivity contribution in [3.63, 3.8) is 0 Å². The molecule has 1 heterocycles. The van der Waals surface area contributed by atoms with Crippen LogP contribution in [0.2, 0.25) is 0 Å². The number of benzene rings is 2. The zero-order chi connectivity index (χ0) is 18.2. The van der Waals surface area contributed by atoms with Crippen LogP contribution in [0.25, 0.3) is 0 Å². The molecular weight excluding hydrogens is 332 g/mol. The van der Waals surface area contributed by atoms with E-state index in [9.17, 15) is 9.59 Å². The van der Waals surface area contributed by atoms with Crippen molar-refractivity contribution in [1.29, 1.82) is 0 Å². The molecule has 1 aliphatic heterocycles. The zero-order valence-electron chi connectivity index (χ0n) is 14.9. The van der Waals surface area contributed by atoms with E-state index in [1.54, 1.807) is 19.1 Å². The number of hydrazine groups is 1. The molecule has 1 fully saturated rings. The number of nitrogens with zero attached hydrogens (tertiary/aromatic N) is 2. The van der Waals surface area contributed by atoms with Crippen molar-refractivity contribution in [2.24, 2.45) is 0 Å². The first kappa shape index (κ1) is 17.7. The fraction of sp³-hybridized carbons (Fsp3) is 0.300. The highest BCUT2D eigenvalue weighted by atomic mass is 32.2. The Hall–Kier alpha value is -2.11. The van der Waals surface area contributed by atoms with Crippen LogP contribution in [0.15, 0.2) is 48.5 Å². The molecule has 0 atom stereocenters. The van der Waals surface area contributed by atoms with Gasteiger partial charge in [-0.2, -0.15) is 0 Å². The van der Waals surface area contributed by atoms with Crippen LogP contribution in [0.4, 0.5) is 4.79 Å². The van der Waals surface area contributed by atoms with E-state index in [4.69, 9.17) is 0 Å². The molecular formula is C20H22N2O2S. The van der Waals surface area contributed by atoms with E-state index < -0.39 is 5.41 Å². The standard InChI is InChI=1S/C20H22N2O2S/c1-14-5-9-16(10-6-14)20(17-11-7-15(2)8-12-17)13-25-19(24)22(18(20)23)21(3)4/h5-12H,13H2,1-4H3. The van der Waals surface area contributed by atoms with E-state index in [2.05, 4.69) is 0 Å². The second-order valence-electron chi connectivity index (χ2n) is 6.66. The molecule has 0 bridgehead atoms. The summed E-state index contributed by atoms with van der Waals surface area (Å²) in [5, 5.41) is 2.58. The molecule has 0 unspecified atom stereocenters. The van der Waals surface area contributed by atoms with Gasteiger partial charge in [0.25, 0.3) is 5.91 Å². The fourth-order valence-corrected chi connectivity index (χ4v) is 4.32. The van der Waals surface area contributed by atoms with E-state index in [0.717, 1.165) is 22.3 Å². The monoisotopic (exact) mass is 354 g/mol. The highest BCUT2D eigenvalue weighted by Crippen LogP contribution is 2.42. The average Bonchev–Trinajstić information content (AvgIpc) is 2.57. The van der Waals surface area contributed by atoms with Gasteiger partial charge in [-0.05, 0) is 25.0 Å². The lowest BCUT2D eigenvalue weighted by Gasteiger charge is -2.42. The first-order chi connectivity index (χ1) is 11.9. The Morgan fingerprint density at radius 2 is 1.32 bits per heavy atom. The maximum Gasteiger partial charge on any atom is 0.303 e. The van der Waals surface area contributed by atoms with Gasteiger partial charge in [0.1, 0.15) is 5.41 Å². The van der Waals surface area contributed by atoms with Gasteiger partial charge in [0.15, 0.2) is 0 Å². The molecule has 0 N–H and O–H groups in total. The quantitative estimate of drug-likeness (QED) is 0.841. The number of carbonyl (C=O) groups excluding carboxylic acids is 2. The van der Waals surface area contributed by atoms with Crippen LogP contribution in [0.5, 0.6) is 0 Å². The first-order valence-corrected chi connectivity index (χ1v) is 9.17. The van der Waals surface area contributed by atoms with Crippen LogP contribution >= 0.6 is 11.8 Å². The van der Waals surface area contributed by atoms with Gasteiger partial charge in [0.2, 0.25) is 0 Å². The van der Waals surface area contributed by atoms with Gasteiger partial charge in [-0.1, -0.05) is 71.4 Å². The smallest absolute Gasteiger partial charge is 0.271 e. The minimum absolute atomic E-state index is 0.200. The number of amides is 2. The third kappa shape index (κ3) is 2.98. The summed E-state index contributed by atoms with van der Waals surface area (Å²) in [6, 6.07) is 16.0. The van der Waals surface area contributed by atoms with Gasteiger partial charge in [0, 0.05) is 19.8 Å². The van der Waals surface area contributed by atoms with Crippen LogP contribution in [0.1, 0.15) is 22.3 Å². The first-order valence-electron chi connectivity index (χ1n) is 8.19. The SMILES string of the molecule is Cc1ccc(C2(c3ccc(C)cc3)CSC(=O)N(N(C)C)C2=O)cc1. The summed E-state index contributed by atoms with van der Waals surface area (Å²) < 4.78 is 0. The largest absolute Gasteiger partial charge is 0.303 e. The molecule has 1 saturated heterocycles. The third-order valence-electron chi connectivity index (χ3n) is 4.63. The van der Waals surface area contributed by atoms with E-state index >= 15 is 0 Å². The molecule has 0 aliphatic carbocycles. The molecule has 0 radical (unpaired) electrons. The van der Waals surface area contributed by atoms with Gasteiger partial charge in [-0.3, -0.25) is 9.59 Å². The molecule has 2 aromatic rings. The molecule has 0 aromatic heterocycles. The normalized spacial score (nSPS) is 17.2. The maximum absolute atomic E-state index is 13.5. The van der Waals surface area contributed by atoms with Crippen LogP contribution in [-0.4, -0.2) is 41.0 Å². The van der Waals surface area contributed by atoms with Crippen LogP contribution in [0.3, 0.4) is 0 Å². The van der Waals surface area contributed by atoms with Gasteiger partial charge in [-0.15, -0.1) is 0 Å². The maximum atomic E-state index is 13.5. The Morgan fingerprint density at radius 1 is 0.880 bits per heavy atom. The summed E-state index contributed by atoms with van der Waals surface area (Å²) in [5.74, 6) is 0.204. The highest BCUT2D eigenvalue weighted by Gasteiger charge is 2.51. The summed E-state index contributed by atoms with van der Waals surface area (Å²) in [4.78, 5) is 25.9. The highest BCUT2D eigenvalue weighted by molar-refractivity contribution is 8.13. The van der Waals surface area contributed by atoms with Crippen LogP contribution in [0, 0.1) is 13.8 Å². The molecule has 0 saturated carbocycles. The third-order valence-corrected chi connectivity index (χ3v) is 5.63. The number of hydrogen-bond donors (Lipinski definition) is 0. The number of imide groups is 1. The summed E-state index contributed by atoms with van der Waals surface area (Å²) in [6.07, 6.45) is 0. The molecule has 5 heteroatoms. The lowest BCUT2D eigenvalue weighted by molar-refractivity contribution is -0.142. The van der Waals surface area contributed by atoms with Crippen molar-refractivity contribution < 1.29 is 9.59 Å². The molecule has 0 spiro atoms.